The van der Waals surface area contributed by atoms with Crippen molar-refractivity contribution in [1.29, 1.82) is 0 Å². The van der Waals surface area contributed by atoms with E-state index in [4.69, 9.17) is 4.74 Å². The van der Waals surface area contributed by atoms with Crippen molar-refractivity contribution in [2.45, 2.75) is 0 Å². The molecule has 1 aromatic rings. The number of esters is 1. The summed E-state index contributed by atoms with van der Waals surface area (Å²) in [7, 11) is 2.53. The van der Waals surface area contributed by atoms with Gasteiger partial charge in [0, 0.05) is 6.08 Å². The molecule has 90 valence electrons. The predicted molar refractivity (Wildman–Crippen MR) is 60.6 cm³/mol. The lowest BCUT2D eigenvalue weighted by Gasteiger charge is -2.06. The quantitative estimate of drug-likeness (QED) is 0.369. The van der Waals surface area contributed by atoms with Gasteiger partial charge in [0.2, 0.25) is 0 Å². The Bertz CT molecular complexity index is 462. The molecule has 0 spiro atoms. The minimum Gasteiger partial charge on any atom is -0.507 e. The first-order valence-corrected chi connectivity index (χ1v) is 4.76. The molecule has 1 aromatic carbocycles. The molecule has 0 saturated heterocycles. The van der Waals surface area contributed by atoms with Gasteiger partial charge in [-0.2, -0.15) is 0 Å². The van der Waals surface area contributed by atoms with Crippen LogP contribution in [-0.4, -0.2) is 31.1 Å². The fourth-order valence-electron chi connectivity index (χ4n) is 1.22. The van der Waals surface area contributed by atoms with Crippen LogP contribution < -0.4 is 4.74 Å². The van der Waals surface area contributed by atoms with Crippen LogP contribution in [0.3, 0.4) is 0 Å². The molecule has 5 nitrogen and oxygen atoms in total. The number of aliphatic hydroxyl groups excluding tert-OH is 1. The summed E-state index contributed by atoms with van der Waals surface area (Å²) in [6, 6.07) is 6.58. The summed E-state index contributed by atoms with van der Waals surface area (Å²) < 4.78 is 9.24. The fourth-order valence-corrected chi connectivity index (χ4v) is 1.22. The zero-order valence-corrected chi connectivity index (χ0v) is 9.47. The average Bonchev–Trinajstić information content (AvgIpc) is 2.37. The van der Waals surface area contributed by atoms with Crippen LogP contribution in [0, 0.1) is 0 Å². The maximum Gasteiger partial charge on any atom is 0.378 e. The number of para-hydroxylation sites is 1. The molecule has 0 atom stereocenters. The van der Waals surface area contributed by atoms with Gasteiger partial charge in [-0.1, -0.05) is 12.1 Å². The third-order valence-corrected chi connectivity index (χ3v) is 2.04. The summed E-state index contributed by atoms with van der Waals surface area (Å²) in [4.78, 5) is 22.1. The van der Waals surface area contributed by atoms with E-state index in [9.17, 15) is 14.7 Å². The number of ether oxygens (including phenoxy) is 2. The molecule has 0 unspecified atom stereocenters. The number of methoxy groups -OCH3 is 2. The largest absolute Gasteiger partial charge is 0.507 e. The van der Waals surface area contributed by atoms with E-state index in [1.165, 1.54) is 7.11 Å². The first-order chi connectivity index (χ1) is 8.10. The van der Waals surface area contributed by atoms with Crippen molar-refractivity contribution < 1.29 is 24.2 Å². The number of ketones is 1. The van der Waals surface area contributed by atoms with Crippen LogP contribution >= 0.6 is 0 Å². The minimum atomic E-state index is -1.04. The molecule has 0 amide bonds. The van der Waals surface area contributed by atoms with Crippen molar-refractivity contribution in [3.63, 3.8) is 0 Å². The summed E-state index contributed by atoms with van der Waals surface area (Å²) in [5, 5.41) is 9.70. The lowest BCUT2D eigenvalue weighted by Crippen LogP contribution is -2.13. The number of hydrogen-bond acceptors (Lipinski definition) is 5. The molecule has 1 N–H and O–H groups in total. The second kappa shape index (κ2) is 5.69. The van der Waals surface area contributed by atoms with Gasteiger partial charge in [-0.05, 0) is 12.1 Å². The lowest BCUT2D eigenvalue weighted by molar-refractivity contribution is -0.149. The Morgan fingerprint density at radius 3 is 2.47 bits per heavy atom. The highest BCUT2D eigenvalue weighted by molar-refractivity contribution is 6.39. The summed E-state index contributed by atoms with van der Waals surface area (Å²) in [5.41, 5.74) is 0.326. The number of rotatable bonds is 4. The Morgan fingerprint density at radius 2 is 1.88 bits per heavy atom. The normalized spacial score (nSPS) is 10.8. The van der Waals surface area contributed by atoms with Crippen LogP contribution in [0.15, 0.2) is 30.3 Å². The van der Waals surface area contributed by atoms with E-state index in [-0.39, 0.29) is 5.76 Å². The molecule has 0 fully saturated rings. The maximum absolute atomic E-state index is 11.2. The van der Waals surface area contributed by atoms with Gasteiger partial charge in [-0.15, -0.1) is 0 Å². The Balaban J connectivity index is 3.03. The number of carbonyl (C=O) groups is 2. The molecular weight excluding hydrogens is 224 g/mol. The fraction of sp³-hybridized carbons (Fsp3) is 0.167. The second-order valence-electron chi connectivity index (χ2n) is 3.09. The first kappa shape index (κ1) is 12.8. The lowest BCUT2D eigenvalue weighted by atomic mass is 10.1. The second-order valence-corrected chi connectivity index (χ2v) is 3.09. The Labute approximate surface area is 98.3 Å². The van der Waals surface area contributed by atoms with Gasteiger partial charge < -0.3 is 14.6 Å². The number of hydrogen-bond donors (Lipinski definition) is 1. The zero-order valence-electron chi connectivity index (χ0n) is 9.47. The van der Waals surface area contributed by atoms with E-state index in [1.54, 1.807) is 24.3 Å². The molecule has 5 heteroatoms. The Morgan fingerprint density at radius 1 is 1.24 bits per heavy atom. The number of carbonyl (C=O) groups excluding carboxylic acids is 2. The first-order valence-electron chi connectivity index (χ1n) is 4.76. The summed E-state index contributed by atoms with van der Waals surface area (Å²) in [5.74, 6) is -1.92. The van der Waals surface area contributed by atoms with E-state index in [0.29, 0.717) is 11.3 Å². The van der Waals surface area contributed by atoms with Crippen LogP contribution in [0.1, 0.15) is 5.56 Å². The Hall–Kier alpha value is -2.30. The van der Waals surface area contributed by atoms with Gasteiger partial charge in [0.1, 0.15) is 11.5 Å². The molecule has 1 rings (SSSR count). The van der Waals surface area contributed by atoms with Gasteiger partial charge in [-0.25, -0.2) is 4.79 Å². The van der Waals surface area contributed by atoms with Crippen molar-refractivity contribution in [1.82, 2.24) is 0 Å². The van der Waals surface area contributed by atoms with E-state index in [0.717, 1.165) is 13.2 Å². The molecule has 0 bridgehead atoms. The third-order valence-electron chi connectivity index (χ3n) is 2.04. The van der Waals surface area contributed by atoms with Gasteiger partial charge in [0.05, 0.1) is 19.8 Å². The van der Waals surface area contributed by atoms with Gasteiger partial charge in [-0.3, -0.25) is 4.79 Å². The molecule has 0 radical (unpaired) electrons. The van der Waals surface area contributed by atoms with Crippen LogP contribution in [0.5, 0.6) is 5.75 Å². The monoisotopic (exact) mass is 236 g/mol. The highest BCUT2D eigenvalue weighted by atomic mass is 16.5. The van der Waals surface area contributed by atoms with Gasteiger partial charge >= 0.3 is 5.97 Å². The van der Waals surface area contributed by atoms with Crippen LogP contribution in [-0.2, 0) is 14.3 Å². The summed E-state index contributed by atoms with van der Waals surface area (Å²) >= 11 is 0. The van der Waals surface area contributed by atoms with Crippen LogP contribution in [0.25, 0.3) is 5.76 Å². The molecular formula is C12H12O5. The molecule has 17 heavy (non-hydrogen) atoms. The molecule has 0 heterocycles. The van der Waals surface area contributed by atoms with E-state index >= 15 is 0 Å². The van der Waals surface area contributed by atoms with Crippen molar-refractivity contribution >= 4 is 17.5 Å². The van der Waals surface area contributed by atoms with Crippen LogP contribution in [0.2, 0.25) is 0 Å². The van der Waals surface area contributed by atoms with Crippen LogP contribution in [0.4, 0.5) is 0 Å². The molecule has 0 aliphatic carbocycles. The minimum absolute atomic E-state index is 0.326. The average molecular weight is 236 g/mol. The van der Waals surface area contributed by atoms with Crippen molar-refractivity contribution in [2.24, 2.45) is 0 Å². The highest BCUT2D eigenvalue weighted by Gasteiger charge is 2.14. The van der Waals surface area contributed by atoms with E-state index < -0.39 is 11.8 Å². The SMILES string of the molecule is COC(=O)C(=O)/C=C(\O)c1ccccc1OC. The van der Waals surface area contributed by atoms with E-state index in [1.807, 2.05) is 0 Å². The highest BCUT2D eigenvalue weighted by Crippen LogP contribution is 2.23. The molecule has 0 aliphatic rings. The Kier molecular flexibility index (Phi) is 4.28. The van der Waals surface area contributed by atoms with E-state index in [2.05, 4.69) is 4.74 Å². The topological polar surface area (TPSA) is 72.8 Å². The summed E-state index contributed by atoms with van der Waals surface area (Å²) in [6.07, 6.45) is 0.795. The molecule has 0 aromatic heterocycles. The number of benzene rings is 1. The maximum atomic E-state index is 11.2. The van der Waals surface area contributed by atoms with Gasteiger partial charge in [0.25, 0.3) is 5.78 Å². The molecule has 0 saturated carbocycles. The molecule has 0 aliphatic heterocycles. The third kappa shape index (κ3) is 3.07. The van der Waals surface area contributed by atoms with Crippen molar-refractivity contribution in [3.8, 4) is 5.75 Å². The standard InChI is InChI=1S/C12H12O5/c1-16-11-6-4-3-5-8(11)9(13)7-10(14)12(15)17-2/h3-7,13H,1-2H3/b9-7-. The number of aliphatic hydroxyl groups is 1. The smallest absolute Gasteiger partial charge is 0.378 e. The van der Waals surface area contributed by atoms with Crippen molar-refractivity contribution in [2.75, 3.05) is 14.2 Å². The van der Waals surface area contributed by atoms with Gasteiger partial charge in [0.15, 0.2) is 0 Å². The summed E-state index contributed by atoms with van der Waals surface area (Å²) in [6.45, 7) is 0. The predicted octanol–water partition coefficient (Wildman–Crippen LogP) is 1.34. The zero-order chi connectivity index (χ0) is 12.8. The van der Waals surface area contributed by atoms with Crippen molar-refractivity contribution in [3.05, 3.63) is 35.9 Å².